The van der Waals surface area contributed by atoms with Crippen LogP contribution in [0.1, 0.15) is 44.1 Å². The number of amides is 1. The fraction of sp³-hybridized carbons (Fsp3) is 0.500. The quantitative estimate of drug-likeness (QED) is 0.858. The number of rotatable bonds is 3. The van der Waals surface area contributed by atoms with E-state index in [1.807, 2.05) is 35.2 Å². The number of hydrogen-bond acceptors (Lipinski definition) is 6. The molecular formula is C22H28N4O3. The van der Waals surface area contributed by atoms with E-state index in [0.29, 0.717) is 56.5 Å². The number of piperidine rings is 1. The summed E-state index contributed by atoms with van der Waals surface area (Å²) < 4.78 is 11.5. The van der Waals surface area contributed by atoms with E-state index < -0.39 is 5.79 Å². The Hall–Kier alpha value is -2.51. The van der Waals surface area contributed by atoms with Gasteiger partial charge < -0.3 is 19.7 Å². The molecular weight excluding hydrogens is 368 g/mol. The minimum Gasteiger partial charge on any atom is -0.365 e. The average molecular weight is 396 g/mol. The lowest BCUT2D eigenvalue weighted by atomic mass is 10.0. The summed E-state index contributed by atoms with van der Waals surface area (Å²) in [6.45, 7) is 8.61. The number of ether oxygens (including phenoxy) is 2. The van der Waals surface area contributed by atoms with Crippen molar-refractivity contribution < 1.29 is 14.3 Å². The Morgan fingerprint density at radius 2 is 1.72 bits per heavy atom. The van der Waals surface area contributed by atoms with Crippen LogP contribution in [0.3, 0.4) is 0 Å². The summed E-state index contributed by atoms with van der Waals surface area (Å²) in [5.41, 5.74) is 1.09. The van der Waals surface area contributed by atoms with Crippen LogP contribution in [0.25, 0.3) is 11.4 Å². The van der Waals surface area contributed by atoms with Gasteiger partial charge in [-0.25, -0.2) is 9.97 Å². The van der Waals surface area contributed by atoms with E-state index in [0.717, 1.165) is 5.56 Å². The number of carbonyl (C=O) groups excluding carboxylic acids is 1. The Morgan fingerprint density at radius 1 is 1.07 bits per heavy atom. The zero-order valence-electron chi connectivity index (χ0n) is 17.3. The molecule has 3 heterocycles. The van der Waals surface area contributed by atoms with Crippen molar-refractivity contribution in [1.29, 1.82) is 0 Å². The molecule has 0 unspecified atom stereocenters. The predicted octanol–water partition coefficient (Wildman–Crippen LogP) is 3.33. The molecule has 1 spiro atoms. The topological polar surface area (TPSA) is 76.6 Å². The van der Waals surface area contributed by atoms with Crippen LogP contribution in [0.2, 0.25) is 0 Å². The summed E-state index contributed by atoms with van der Waals surface area (Å²) >= 11 is 0. The van der Waals surface area contributed by atoms with Crippen molar-refractivity contribution in [1.82, 2.24) is 14.9 Å². The van der Waals surface area contributed by atoms with E-state index in [-0.39, 0.29) is 11.4 Å². The molecule has 2 aliphatic rings. The van der Waals surface area contributed by atoms with E-state index >= 15 is 0 Å². The molecule has 1 amide bonds. The lowest BCUT2D eigenvalue weighted by molar-refractivity contribution is -0.181. The zero-order valence-corrected chi connectivity index (χ0v) is 17.3. The van der Waals surface area contributed by atoms with Gasteiger partial charge in [-0.3, -0.25) is 4.79 Å². The lowest BCUT2D eigenvalue weighted by Gasteiger charge is -2.37. The molecule has 7 nitrogen and oxygen atoms in total. The van der Waals surface area contributed by atoms with Gasteiger partial charge in [0.15, 0.2) is 11.6 Å². The molecule has 0 aliphatic carbocycles. The highest BCUT2D eigenvalue weighted by molar-refractivity contribution is 5.93. The van der Waals surface area contributed by atoms with Gasteiger partial charge in [0.2, 0.25) is 0 Å². The summed E-state index contributed by atoms with van der Waals surface area (Å²) in [4.78, 5) is 24.3. The van der Waals surface area contributed by atoms with Gasteiger partial charge in [-0.2, -0.15) is 0 Å². The third-order valence-electron chi connectivity index (χ3n) is 5.11. The molecule has 2 fully saturated rings. The van der Waals surface area contributed by atoms with Crippen LogP contribution in [-0.4, -0.2) is 58.4 Å². The first-order valence-corrected chi connectivity index (χ1v) is 10.1. The van der Waals surface area contributed by atoms with Gasteiger partial charge in [-0.15, -0.1) is 0 Å². The standard InChI is InChI=1S/C22H28N4O3/c1-21(2,3)25-18-15-17(23-19(24-18)16-7-5-4-6-8-16)20(27)26-11-9-22(10-12-26)28-13-14-29-22/h4-8,15H,9-14H2,1-3H3,(H,23,24,25). The Kier molecular flexibility index (Phi) is 5.27. The summed E-state index contributed by atoms with van der Waals surface area (Å²) in [5, 5.41) is 3.37. The van der Waals surface area contributed by atoms with Crippen LogP contribution in [-0.2, 0) is 9.47 Å². The van der Waals surface area contributed by atoms with Crippen molar-refractivity contribution in [2.45, 2.75) is 44.9 Å². The molecule has 0 atom stereocenters. The molecule has 0 radical (unpaired) electrons. The van der Waals surface area contributed by atoms with Crippen molar-refractivity contribution in [2.75, 3.05) is 31.6 Å². The molecule has 2 aliphatic heterocycles. The highest BCUT2D eigenvalue weighted by atomic mass is 16.7. The number of anilines is 1. The largest absolute Gasteiger partial charge is 0.365 e. The van der Waals surface area contributed by atoms with Crippen LogP contribution in [0, 0.1) is 0 Å². The van der Waals surface area contributed by atoms with Crippen molar-refractivity contribution in [3.8, 4) is 11.4 Å². The first kappa shape index (κ1) is 19.8. The number of nitrogens with zero attached hydrogens (tertiary/aromatic N) is 3. The number of nitrogens with one attached hydrogen (secondary N) is 1. The van der Waals surface area contributed by atoms with Gasteiger partial charge in [0.25, 0.3) is 5.91 Å². The normalized spacial score (nSPS) is 18.8. The Bertz CT molecular complexity index is 863. The third-order valence-corrected chi connectivity index (χ3v) is 5.11. The van der Waals surface area contributed by atoms with Gasteiger partial charge in [0.05, 0.1) is 13.2 Å². The van der Waals surface area contributed by atoms with Crippen LogP contribution in [0.5, 0.6) is 0 Å². The Morgan fingerprint density at radius 3 is 2.34 bits per heavy atom. The summed E-state index contributed by atoms with van der Waals surface area (Å²) in [7, 11) is 0. The van der Waals surface area contributed by atoms with E-state index in [1.165, 1.54) is 0 Å². The first-order valence-electron chi connectivity index (χ1n) is 10.1. The van der Waals surface area contributed by atoms with Crippen LogP contribution in [0.15, 0.2) is 36.4 Å². The molecule has 1 aromatic heterocycles. The van der Waals surface area contributed by atoms with E-state index in [9.17, 15) is 4.79 Å². The van der Waals surface area contributed by atoms with E-state index in [2.05, 4.69) is 36.1 Å². The second-order valence-electron chi connectivity index (χ2n) is 8.60. The third kappa shape index (κ3) is 4.57. The minimum atomic E-state index is -0.503. The van der Waals surface area contributed by atoms with Crippen LogP contribution in [0.4, 0.5) is 5.82 Å². The van der Waals surface area contributed by atoms with Gasteiger partial charge >= 0.3 is 0 Å². The molecule has 29 heavy (non-hydrogen) atoms. The predicted molar refractivity (Wildman–Crippen MR) is 111 cm³/mol. The highest BCUT2D eigenvalue weighted by Crippen LogP contribution is 2.32. The maximum atomic E-state index is 13.2. The molecule has 154 valence electrons. The molecule has 4 rings (SSSR count). The maximum absolute atomic E-state index is 13.2. The molecule has 2 aromatic rings. The fourth-order valence-corrected chi connectivity index (χ4v) is 3.72. The van der Waals surface area contributed by atoms with Crippen molar-refractivity contribution >= 4 is 11.7 Å². The number of carbonyl (C=O) groups is 1. The van der Waals surface area contributed by atoms with Crippen molar-refractivity contribution in [3.63, 3.8) is 0 Å². The number of aromatic nitrogens is 2. The average Bonchev–Trinajstić information content (AvgIpc) is 3.15. The maximum Gasteiger partial charge on any atom is 0.272 e. The Balaban J connectivity index is 1.60. The van der Waals surface area contributed by atoms with Gasteiger partial charge in [-0.05, 0) is 20.8 Å². The SMILES string of the molecule is CC(C)(C)Nc1cc(C(=O)N2CCC3(CC2)OCCO3)nc(-c2ccccc2)n1. The summed E-state index contributed by atoms with van der Waals surface area (Å²) in [6.07, 6.45) is 1.37. The van der Waals surface area contributed by atoms with Gasteiger partial charge in [0, 0.05) is 43.1 Å². The smallest absolute Gasteiger partial charge is 0.272 e. The molecule has 1 N–H and O–H groups in total. The second kappa shape index (κ2) is 7.72. The second-order valence-corrected chi connectivity index (χ2v) is 8.60. The number of hydrogen-bond donors (Lipinski definition) is 1. The monoisotopic (exact) mass is 396 g/mol. The van der Waals surface area contributed by atoms with Gasteiger partial charge in [0.1, 0.15) is 11.5 Å². The molecule has 7 heteroatoms. The minimum absolute atomic E-state index is 0.0885. The highest BCUT2D eigenvalue weighted by Gasteiger charge is 2.41. The van der Waals surface area contributed by atoms with E-state index in [4.69, 9.17) is 9.47 Å². The summed E-state index contributed by atoms with van der Waals surface area (Å²) in [6, 6.07) is 11.5. The fourth-order valence-electron chi connectivity index (χ4n) is 3.72. The van der Waals surface area contributed by atoms with Crippen molar-refractivity contribution in [3.05, 3.63) is 42.1 Å². The molecule has 1 aromatic carbocycles. The molecule has 0 saturated carbocycles. The first-order chi connectivity index (χ1) is 13.8. The van der Waals surface area contributed by atoms with Crippen LogP contribution < -0.4 is 5.32 Å². The number of benzene rings is 1. The summed E-state index contributed by atoms with van der Waals surface area (Å²) in [5.74, 6) is 0.593. The molecule has 2 saturated heterocycles. The Labute approximate surface area is 171 Å². The zero-order chi connectivity index (χ0) is 20.5. The lowest BCUT2D eigenvalue weighted by Crippen LogP contribution is -2.47. The van der Waals surface area contributed by atoms with Crippen LogP contribution >= 0.6 is 0 Å². The number of likely N-dealkylation sites (tertiary alicyclic amines) is 1. The molecule has 0 bridgehead atoms. The van der Waals surface area contributed by atoms with Crippen molar-refractivity contribution in [2.24, 2.45) is 0 Å². The van der Waals surface area contributed by atoms with Gasteiger partial charge in [-0.1, -0.05) is 30.3 Å². The van der Waals surface area contributed by atoms with E-state index in [1.54, 1.807) is 6.07 Å².